The lowest BCUT2D eigenvalue weighted by molar-refractivity contribution is -0.137. The van der Waals surface area contributed by atoms with Crippen LogP contribution in [0.4, 0.5) is 0 Å². The van der Waals surface area contributed by atoms with E-state index < -0.39 is 10.0 Å². The number of piperidine rings is 2. The summed E-state index contributed by atoms with van der Waals surface area (Å²) in [6, 6.07) is 4.69. The number of amides is 1. The minimum absolute atomic E-state index is 0.0766. The molecule has 2 heterocycles. The highest BCUT2D eigenvalue weighted by molar-refractivity contribution is 7.89. The lowest BCUT2D eigenvalue weighted by Gasteiger charge is -2.35. The number of methoxy groups -OCH3 is 2. The van der Waals surface area contributed by atoms with Crippen LogP contribution in [0.3, 0.4) is 0 Å². The van der Waals surface area contributed by atoms with Gasteiger partial charge in [0.05, 0.1) is 14.2 Å². The maximum atomic E-state index is 13.1. The zero-order chi connectivity index (χ0) is 19.4. The SMILES string of the molecule is COc1ccc(S(=O)(=O)N2CCC(C(=O)N3CCCCC3)CC2)c(OC)c1. The Hall–Kier alpha value is -1.80. The predicted molar refractivity (Wildman–Crippen MR) is 101 cm³/mol. The van der Waals surface area contributed by atoms with Gasteiger partial charge in [-0.1, -0.05) is 0 Å². The average Bonchev–Trinajstić information content (AvgIpc) is 2.73. The maximum Gasteiger partial charge on any atom is 0.246 e. The van der Waals surface area contributed by atoms with Crippen LogP contribution in [0.2, 0.25) is 0 Å². The first-order valence-electron chi connectivity index (χ1n) is 9.48. The quantitative estimate of drug-likeness (QED) is 0.762. The van der Waals surface area contributed by atoms with Crippen LogP contribution < -0.4 is 9.47 Å². The lowest BCUT2D eigenvalue weighted by atomic mass is 9.95. The molecule has 0 N–H and O–H groups in total. The van der Waals surface area contributed by atoms with Crippen LogP contribution in [-0.4, -0.2) is 63.9 Å². The molecule has 1 aromatic rings. The Balaban J connectivity index is 1.69. The summed E-state index contributed by atoms with van der Waals surface area (Å²) in [4.78, 5) is 14.8. The second-order valence-corrected chi connectivity index (χ2v) is 8.99. The summed E-state index contributed by atoms with van der Waals surface area (Å²) < 4.78 is 38.0. The zero-order valence-electron chi connectivity index (χ0n) is 16.0. The van der Waals surface area contributed by atoms with Crippen LogP contribution in [0.1, 0.15) is 32.1 Å². The van der Waals surface area contributed by atoms with Crippen molar-refractivity contribution < 1.29 is 22.7 Å². The largest absolute Gasteiger partial charge is 0.497 e. The molecule has 0 bridgehead atoms. The summed E-state index contributed by atoms with van der Waals surface area (Å²) in [5, 5.41) is 0. The molecule has 0 atom stereocenters. The minimum atomic E-state index is -3.68. The first-order chi connectivity index (χ1) is 13.0. The van der Waals surface area contributed by atoms with Gasteiger partial charge in [-0.15, -0.1) is 0 Å². The number of carbonyl (C=O) groups excluding carboxylic acids is 1. The number of hydrogen-bond donors (Lipinski definition) is 0. The third-order valence-electron chi connectivity index (χ3n) is 5.46. The first kappa shape index (κ1) is 19.9. The molecule has 1 aromatic carbocycles. The summed E-state index contributed by atoms with van der Waals surface area (Å²) >= 11 is 0. The van der Waals surface area contributed by atoms with Crippen LogP contribution in [0, 0.1) is 5.92 Å². The minimum Gasteiger partial charge on any atom is -0.497 e. The molecule has 0 aliphatic carbocycles. The molecule has 7 nitrogen and oxygen atoms in total. The predicted octanol–water partition coefficient (Wildman–Crippen LogP) is 2.12. The normalized spacial score (nSPS) is 19.7. The molecule has 0 saturated carbocycles. The van der Waals surface area contributed by atoms with Crippen molar-refractivity contribution in [2.45, 2.75) is 37.0 Å². The molecule has 0 spiro atoms. The molecule has 150 valence electrons. The molecule has 2 fully saturated rings. The van der Waals surface area contributed by atoms with Crippen LogP contribution in [0.15, 0.2) is 23.1 Å². The van der Waals surface area contributed by atoms with E-state index in [9.17, 15) is 13.2 Å². The Bertz CT molecular complexity index is 766. The number of benzene rings is 1. The number of hydrogen-bond acceptors (Lipinski definition) is 5. The molecular formula is C19H28N2O5S. The van der Waals surface area contributed by atoms with E-state index in [0.29, 0.717) is 31.7 Å². The molecule has 0 radical (unpaired) electrons. The van der Waals surface area contributed by atoms with Crippen molar-refractivity contribution in [3.63, 3.8) is 0 Å². The van der Waals surface area contributed by atoms with Crippen LogP contribution in [-0.2, 0) is 14.8 Å². The van der Waals surface area contributed by atoms with Gasteiger partial charge in [0.2, 0.25) is 15.9 Å². The smallest absolute Gasteiger partial charge is 0.246 e. The maximum absolute atomic E-state index is 13.1. The van der Waals surface area contributed by atoms with Gasteiger partial charge in [-0.05, 0) is 44.2 Å². The van der Waals surface area contributed by atoms with Crippen molar-refractivity contribution >= 4 is 15.9 Å². The highest BCUT2D eigenvalue weighted by atomic mass is 32.2. The highest BCUT2D eigenvalue weighted by Gasteiger charge is 2.35. The second kappa shape index (κ2) is 8.48. The van der Waals surface area contributed by atoms with E-state index in [1.54, 1.807) is 12.1 Å². The summed E-state index contributed by atoms with van der Waals surface area (Å²) in [6.07, 6.45) is 4.44. The van der Waals surface area contributed by atoms with Crippen molar-refractivity contribution in [3.8, 4) is 11.5 Å². The number of likely N-dealkylation sites (tertiary alicyclic amines) is 1. The third kappa shape index (κ3) is 4.21. The van der Waals surface area contributed by atoms with E-state index in [4.69, 9.17) is 9.47 Å². The van der Waals surface area contributed by atoms with Crippen LogP contribution in [0.25, 0.3) is 0 Å². The Labute approximate surface area is 161 Å². The summed E-state index contributed by atoms with van der Waals surface area (Å²) in [5.74, 6) is 0.915. The fourth-order valence-electron chi connectivity index (χ4n) is 3.84. The van der Waals surface area contributed by atoms with Gasteiger partial charge in [-0.3, -0.25) is 4.79 Å². The van der Waals surface area contributed by atoms with Crippen LogP contribution in [0.5, 0.6) is 11.5 Å². The van der Waals surface area contributed by atoms with Gasteiger partial charge < -0.3 is 14.4 Å². The summed E-state index contributed by atoms with van der Waals surface area (Å²) in [6.45, 7) is 2.37. The number of ether oxygens (including phenoxy) is 2. The Morgan fingerprint density at radius 1 is 1.00 bits per heavy atom. The summed E-state index contributed by atoms with van der Waals surface area (Å²) in [5.41, 5.74) is 0. The fraction of sp³-hybridized carbons (Fsp3) is 0.632. The third-order valence-corrected chi connectivity index (χ3v) is 7.40. The van der Waals surface area contributed by atoms with Crippen molar-refractivity contribution in [2.75, 3.05) is 40.4 Å². The topological polar surface area (TPSA) is 76.2 Å². The van der Waals surface area contributed by atoms with E-state index in [2.05, 4.69) is 0 Å². The fourth-order valence-corrected chi connectivity index (χ4v) is 5.45. The van der Waals surface area contributed by atoms with Crippen molar-refractivity contribution in [1.82, 2.24) is 9.21 Å². The Kier molecular flexibility index (Phi) is 6.26. The van der Waals surface area contributed by atoms with Crippen LogP contribution >= 0.6 is 0 Å². The molecule has 0 unspecified atom stereocenters. The number of rotatable bonds is 5. The molecule has 2 aliphatic heterocycles. The summed E-state index contributed by atoms with van der Waals surface area (Å²) in [7, 11) is -0.713. The van der Waals surface area contributed by atoms with Gasteiger partial charge in [-0.2, -0.15) is 4.31 Å². The zero-order valence-corrected chi connectivity index (χ0v) is 16.8. The average molecular weight is 397 g/mol. The Morgan fingerprint density at radius 3 is 2.26 bits per heavy atom. The van der Waals surface area contributed by atoms with Crippen molar-refractivity contribution in [3.05, 3.63) is 18.2 Å². The number of nitrogens with zero attached hydrogens (tertiary/aromatic N) is 2. The lowest BCUT2D eigenvalue weighted by Crippen LogP contribution is -2.45. The Morgan fingerprint density at radius 2 is 1.67 bits per heavy atom. The van der Waals surface area contributed by atoms with Gasteiger partial charge in [0.15, 0.2) is 0 Å². The second-order valence-electron chi connectivity index (χ2n) is 7.08. The van der Waals surface area contributed by atoms with Gasteiger partial charge >= 0.3 is 0 Å². The van der Waals surface area contributed by atoms with Gasteiger partial charge in [-0.25, -0.2) is 8.42 Å². The molecule has 2 saturated heterocycles. The molecule has 8 heteroatoms. The molecule has 0 aromatic heterocycles. The first-order valence-corrected chi connectivity index (χ1v) is 10.9. The molecule has 2 aliphatic rings. The molecule has 1 amide bonds. The number of carbonyl (C=O) groups is 1. The number of sulfonamides is 1. The van der Waals surface area contributed by atoms with Gasteiger partial charge in [0, 0.05) is 38.2 Å². The van der Waals surface area contributed by atoms with E-state index in [0.717, 1.165) is 25.9 Å². The van der Waals surface area contributed by atoms with Gasteiger partial charge in [0.1, 0.15) is 16.4 Å². The molecule has 27 heavy (non-hydrogen) atoms. The molecular weight excluding hydrogens is 368 g/mol. The monoisotopic (exact) mass is 396 g/mol. The van der Waals surface area contributed by atoms with Crippen molar-refractivity contribution in [1.29, 1.82) is 0 Å². The highest BCUT2D eigenvalue weighted by Crippen LogP contribution is 2.33. The molecule has 3 rings (SSSR count). The van der Waals surface area contributed by atoms with E-state index in [1.165, 1.54) is 31.0 Å². The standard InChI is InChI=1S/C19H28N2O5S/c1-25-16-6-7-18(17(14-16)26-2)27(23,24)21-12-8-15(9-13-21)19(22)20-10-4-3-5-11-20/h6-7,14-15H,3-5,8-13H2,1-2H3. The van der Waals surface area contributed by atoms with E-state index in [1.807, 2.05) is 4.90 Å². The van der Waals surface area contributed by atoms with E-state index in [-0.39, 0.29) is 22.5 Å². The van der Waals surface area contributed by atoms with Gasteiger partial charge in [0.25, 0.3) is 0 Å². The van der Waals surface area contributed by atoms with Crippen molar-refractivity contribution in [2.24, 2.45) is 5.92 Å². The van der Waals surface area contributed by atoms with E-state index >= 15 is 0 Å².